The lowest BCUT2D eigenvalue weighted by atomic mass is 9.61. The van der Waals surface area contributed by atoms with Crippen LogP contribution in [0, 0.1) is 11.3 Å². The molecule has 0 aromatic heterocycles. The lowest BCUT2D eigenvalue weighted by Gasteiger charge is -2.40. The number of carbonyl (C=O) groups excluding carboxylic acids is 2. The predicted molar refractivity (Wildman–Crippen MR) is 95.2 cm³/mol. The minimum atomic E-state index is -4.05. The average molecular weight is 373 g/mol. The number of carbonyl (C=O) groups is 2. The van der Waals surface area contributed by atoms with Crippen molar-refractivity contribution in [2.24, 2.45) is 11.3 Å². The third-order valence-electron chi connectivity index (χ3n) is 4.63. The van der Waals surface area contributed by atoms with Gasteiger partial charge in [0.15, 0.2) is 0 Å². The highest BCUT2D eigenvalue weighted by molar-refractivity contribution is 7.90. The molecule has 1 fully saturated rings. The molecule has 0 saturated heterocycles. The van der Waals surface area contributed by atoms with E-state index in [-0.39, 0.29) is 17.1 Å². The third-order valence-corrected chi connectivity index (χ3v) is 5.97. The Balaban J connectivity index is 1.76. The van der Waals surface area contributed by atoms with Gasteiger partial charge in [-0.3, -0.25) is 9.59 Å². The van der Waals surface area contributed by atoms with Crippen molar-refractivity contribution in [2.75, 3.05) is 0 Å². The molecule has 0 heterocycles. The van der Waals surface area contributed by atoms with Crippen LogP contribution in [0.25, 0.3) is 0 Å². The number of amides is 1. The molecule has 0 radical (unpaired) electrons. The number of Topliss-reactive ketones (excluding diaryl/α,β-unsaturated/α-hetero) is 1. The van der Waals surface area contributed by atoms with Gasteiger partial charge in [0, 0.05) is 17.9 Å². The number of ether oxygens (including phenoxy) is 1. The highest BCUT2D eigenvalue weighted by atomic mass is 32.2. The van der Waals surface area contributed by atoms with Crippen molar-refractivity contribution in [3.63, 3.8) is 0 Å². The quantitative estimate of drug-likeness (QED) is 0.870. The Kier molecular flexibility index (Phi) is 4.58. The summed E-state index contributed by atoms with van der Waals surface area (Å²) in [5.74, 6) is -0.447. The van der Waals surface area contributed by atoms with E-state index in [0.29, 0.717) is 11.5 Å². The molecule has 1 aliphatic rings. The fraction of sp³-hybridized carbons (Fsp3) is 0.263. The molecule has 6 nitrogen and oxygen atoms in total. The number of hydrogen-bond donors (Lipinski definition) is 1. The van der Waals surface area contributed by atoms with Crippen LogP contribution in [0.4, 0.5) is 0 Å². The number of hydrogen-bond acceptors (Lipinski definition) is 5. The predicted octanol–water partition coefficient (Wildman–Crippen LogP) is 2.90. The summed E-state index contributed by atoms with van der Waals surface area (Å²) in [6.45, 7) is 3.29. The van der Waals surface area contributed by atoms with Gasteiger partial charge in [-0.05, 0) is 24.3 Å². The summed E-state index contributed by atoms with van der Waals surface area (Å²) in [4.78, 5) is 23.8. The molecule has 1 saturated carbocycles. The normalized spacial score (nSPS) is 18.7. The molecule has 1 amide bonds. The van der Waals surface area contributed by atoms with Crippen LogP contribution in [0.3, 0.4) is 0 Å². The standard InChI is InChI=1S/C19H19NO5S/c1-19(2)16(12-17(19)21)18(22)20-26(23,24)15-10-6-9-14(11-15)25-13-7-4-3-5-8-13/h3-11,16H,12H2,1-2H3,(H,20,22). The molecule has 1 atom stereocenters. The Bertz CT molecular complexity index is 951. The van der Waals surface area contributed by atoms with E-state index in [2.05, 4.69) is 4.72 Å². The molecular formula is C19H19NO5S. The zero-order valence-electron chi connectivity index (χ0n) is 14.4. The minimum absolute atomic E-state index is 0.0479. The van der Waals surface area contributed by atoms with Crippen LogP contribution in [0.1, 0.15) is 20.3 Å². The van der Waals surface area contributed by atoms with Crippen LogP contribution in [0.5, 0.6) is 11.5 Å². The van der Waals surface area contributed by atoms with Crippen LogP contribution in [0.15, 0.2) is 59.5 Å². The minimum Gasteiger partial charge on any atom is -0.457 e. The average Bonchev–Trinajstić information content (AvgIpc) is 2.60. The summed E-state index contributed by atoms with van der Waals surface area (Å²) >= 11 is 0. The van der Waals surface area contributed by atoms with Crippen molar-refractivity contribution in [1.82, 2.24) is 4.72 Å². The molecule has 3 rings (SSSR count). The van der Waals surface area contributed by atoms with E-state index in [9.17, 15) is 18.0 Å². The Morgan fingerprint density at radius 1 is 1.08 bits per heavy atom. The van der Waals surface area contributed by atoms with Gasteiger partial charge >= 0.3 is 0 Å². The second-order valence-electron chi connectivity index (χ2n) is 6.76. The third kappa shape index (κ3) is 3.48. The van der Waals surface area contributed by atoms with Crippen LogP contribution in [-0.2, 0) is 19.6 Å². The fourth-order valence-electron chi connectivity index (χ4n) is 2.78. The molecular weight excluding hydrogens is 354 g/mol. The number of benzene rings is 2. The molecule has 0 aliphatic heterocycles. The molecule has 1 unspecified atom stereocenters. The summed E-state index contributed by atoms with van der Waals surface area (Å²) in [6, 6.07) is 14.8. The number of sulfonamides is 1. The summed E-state index contributed by atoms with van der Waals surface area (Å²) in [7, 11) is -4.05. The van der Waals surface area contributed by atoms with Gasteiger partial charge in [-0.2, -0.15) is 0 Å². The fourth-order valence-corrected chi connectivity index (χ4v) is 3.83. The first kappa shape index (κ1) is 18.1. The number of ketones is 1. The van der Waals surface area contributed by atoms with Gasteiger partial charge in [0.25, 0.3) is 10.0 Å². The first-order chi connectivity index (χ1) is 12.2. The van der Waals surface area contributed by atoms with E-state index < -0.39 is 27.3 Å². The smallest absolute Gasteiger partial charge is 0.264 e. The monoisotopic (exact) mass is 373 g/mol. The van der Waals surface area contributed by atoms with E-state index in [1.807, 2.05) is 6.07 Å². The highest BCUT2D eigenvalue weighted by Gasteiger charge is 2.51. The van der Waals surface area contributed by atoms with E-state index in [0.717, 1.165) is 0 Å². The second-order valence-corrected chi connectivity index (χ2v) is 8.44. The molecule has 0 bridgehead atoms. The van der Waals surface area contributed by atoms with Crippen molar-refractivity contribution < 1.29 is 22.7 Å². The summed E-state index contributed by atoms with van der Waals surface area (Å²) < 4.78 is 32.7. The molecule has 1 aliphatic carbocycles. The Morgan fingerprint density at radius 2 is 1.73 bits per heavy atom. The van der Waals surface area contributed by atoms with Crippen LogP contribution < -0.4 is 9.46 Å². The summed E-state index contributed by atoms with van der Waals surface area (Å²) in [5.41, 5.74) is -0.835. The molecule has 26 heavy (non-hydrogen) atoms. The topological polar surface area (TPSA) is 89.5 Å². The molecule has 2 aromatic rings. The number of para-hydroxylation sites is 1. The Morgan fingerprint density at radius 3 is 2.35 bits per heavy atom. The van der Waals surface area contributed by atoms with Gasteiger partial charge in [0.1, 0.15) is 17.3 Å². The number of nitrogens with one attached hydrogen (secondary N) is 1. The zero-order chi connectivity index (χ0) is 18.9. The van der Waals surface area contributed by atoms with Crippen molar-refractivity contribution in [3.8, 4) is 11.5 Å². The van der Waals surface area contributed by atoms with Gasteiger partial charge in [-0.15, -0.1) is 0 Å². The number of rotatable bonds is 5. The van der Waals surface area contributed by atoms with Crippen LogP contribution >= 0.6 is 0 Å². The molecule has 7 heteroatoms. The van der Waals surface area contributed by atoms with Crippen LogP contribution in [0.2, 0.25) is 0 Å². The Hall–Kier alpha value is -2.67. The van der Waals surface area contributed by atoms with Gasteiger partial charge in [0.2, 0.25) is 5.91 Å². The van der Waals surface area contributed by atoms with Crippen molar-refractivity contribution in [2.45, 2.75) is 25.2 Å². The van der Waals surface area contributed by atoms with E-state index in [4.69, 9.17) is 4.74 Å². The molecule has 2 aromatic carbocycles. The van der Waals surface area contributed by atoms with E-state index in [1.165, 1.54) is 18.2 Å². The van der Waals surface area contributed by atoms with Gasteiger partial charge in [0.05, 0.1) is 10.8 Å². The molecule has 0 spiro atoms. The van der Waals surface area contributed by atoms with Gasteiger partial charge in [-0.25, -0.2) is 13.1 Å². The SMILES string of the molecule is CC1(C)C(=O)CC1C(=O)NS(=O)(=O)c1cccc(Oc2ccccc2)c1. The Labute approximate surface area is 152 Å². The second kappa shape index (κ2) is 6.57. The van der Waals surface area contributed by atoms with Gasteiger partial charge in [-0.1, -0.05) is 38.1 Å². The van der Waals surface area contributed by atoms with E-state index >= 15 is 0 Å². The maximum Gasteiger partial charge on any atom is 0.264 e. The maximum absolute atomic E-state index is 12.5. The van der Waals surface area contributed by atoms with Crippen molar-refractivity contribution in [1.29, 1.82) is 0 Å². The molecule has 1 N–H and O–H groups in total. The first-order valence-electron chi connectivity index (χ1n) is 8.13. The maximum atomic E-state index is 12.5. The van der Waals surface area contributed by atoms with E-state index in [1.54, 1.807) is 44.2 Å². The van der Waals surface area contributed by atoms with Crippen molar-refractivity contribution >= 4 is 21.7 Å². The summed E-state index contributed by atoms with van der Waals surface area (Å²) in [5, 5.41) is 0. The molecule has 136 valence electrons. The zero-order valence-corrected chi connectivity index (χ0v) is 15.2. The van der Waals surface area contributed by atoms with Crippen LogP contribution in [-0.4, -0.2) is 20.1 Å². The summed E-state index contributed by atoms with van der Waals surface area (Å²) in [6.07, 6.45) is 0.0610. The lowest BCUT2D eigenvalue weighted by Crippen LogP contribution is -2.53. The van der Waals surface area contributed by atoms with Crippen molar-refractivity contribution in [3.05, 3.63) is 54.6 Å². The largest absolute Gasteiger partial charge is 0.457 e. The highest BCUT2D eigenvalue weighted by Crippen LogP contribution is 2.42. The lowest BCUT2D eigenvalue weighted by molar-refractivity contribution is -0.151. The first-order valence-corrected chi connectivity index (χ1v) is 9.61. The van der Waals surface area contributed by atoms with Gasteiger partial charge < -0.3 is 4.74 Å².